The molecule has 1 N–H and O–H groups in total. The van der Waals surface area contributed by atoms with E-state index in [-0.39, 0.29) is 17.7 Å². The largest absolute Gasteiger partial charge is 0.497 e. The number of benzene rings is 2. The molecule has 1 saturated heterocycles. The zero-order chi connectivity index (χ0) is 20.4. The number of nitrogens with one attached hydrogen (secondary N) is 1. The zero-order valence-corrected chi connectivity index (χ0v) is 16.5. The highest BCUT2D eigenvalue weighted by Crippen LogP contribution is 2.32. The van der Waals surface area contributed by atoms with Gasteiger partial charge in [0, 0.05) is 43.8 Å². The summed E-state index contributed by atoms with van der Waals surface area (Å²) < 4.78 is 38.5. The lowest BCUT2D eigenvalue weighted by molar-refractivity contribution is 0.115. The highest BCUT2D eigenvalue weighted by molar-refractivity contribution is 7.20. The monoisotopic (exact) mass is 419 g/mol. The van der Waals surface area contributed by atoms with Crippen LogP contribution in [0.3, 0.4) is 0 Å². The third-order valence-corrected chi connectivity index (χ3v) is 5.60. The number of piperidine rings is 1. The van der Waals surface area contributed by atoms with Gasteiger partial charge in [0.25, 0.3) is 5.19 Å². The molecule has 9 heteroatoms. The number of nitrogens with zero attached hydrogens (tertiary/aromatic N) is 2. The van der Waals surface area contributed by atoms with Gasteiger partial charge in [0.1, 0.15) is 23.2 Å². The molecule has 1 fully saturated rings. The van der Waals surface area contributed by atoms with Crippen molar-refractivity contribution < 1.29 is 23.0 Å². The Bertz CT molecular complexity index is 1030. The number of ether oxygens (including phenoxy) is 2. The summed E-state index contributed by atoms with van der Waals surface area (Å²) in [7, 11) is 1.57. The number of thiazole rings is 1. The van der Waals surface area contributed by atoms with E-state index < -0.39 is 11.6 Å². The molecule has 152 valence electrons. The fourth-order valence-electron chi connectivity index (χ4n) is 3.21. The van der Waals surface area contributed by atoms with Gasteiger partial charge in [0.05, 0.1) is 11.8 Å². The summed E-state index contributed by atoms with van der Waals surface area (Å²) in [6.45, 7) is 1.04. The molecule has 2 heterocycles. The van der Waals surface area contributed by atoms with Crippen LogP contribution in [0.5, 0.6) is 10.9 Å². The van der Waals surface area contributed by atoms with E-state index in [4.69, 9.17) is 9.47 Å². The minimum absolute atomic E-state index is 0.113. The molecule has 29 heavy (non-hydrogen) atoms. The molecule has 4 rings (SSSR count). The fraction of sp³-hybridized carbons (Fsp3) is 0.300. The second-order valence-electron chi connectivity index (χ2n) is 6.68. The summed E-state index contributed by atoms with van der Waals surface area (Å²) in [5.41, 5.74) is 0.776. The molecule has 0 spiro atoms. The summed E-state index contributed by atoms with van der Waals surface area (Å²) in [6.07, 6.45) is 1.11. The maximum absolute atomic E-state index is 13.8. The number of amides is 2. The molecule has 0 bridgehead atoms. The maximum atomic E-state index is 13.8. The Hall–Kier alpha value is -2.94. The molecular weight excluding hydrogens is 400 g/mol. The number of anilines is 1. The molecule has 6 nitrogen and oxygen atoms in total. The molecular formula is C20H19F2N3O3S. The predicted molar refractivity (Wildman–Crippen MR) is 107 cm³/mol. The number of methoxy groups -OCH3 is 1. The number of hydrogen-bond donors (Lipinski definition) is 1. The lowest BCUT2D eigenvalue weighted by Gasteiger charge is -2.31. The number of aromatic nitrogens is 1. The molecule has 1 aliphatic rings. The van der Waals surface area contributed by atoms with Crippen molar-refractivity contribution in [2.75, 3.05) is 25.5 Å². The van der Waals surface area contributed by atoms with Crippen molar-refractivity contribution in [1.82, 2.24) is 9.88 Å². The zero-order valence-electron chi connectivity index (χ0n) is 15.7. The summed E-state index contributed by atoms with van der Waals surface area (Å²) in [6, 6.07) is 9.03. The first-order chi connectivity index (χ1) is 14.0. The van der Waals surface area contributed by atoms with Crippen LogP contribution in [-0.2, 0) is 0 Å². The average molecular weight is 419 g/mol. The molecule has 0 radical (unpaired) electrons. The van der Waals surface area contributed by atoms with Gasteiger partial charge in [-0.05, 0) is 18.2 Å². The molecule has 1 aliphatic heterocycles. The van der Waals surface area contributed by atoms with Gasteiger partial charge in [0.15, 0.2) is 5.82 Å². The predicted octanol–water partition coefficient (Wildman–Crippen LogP) is 4.66. The Morgan fingerprint density at radius 3 is 2.79 bits per heavy atom. The highest BCUT2D eigenvalue weighted by Gasteiger charge is 2.25. The summed E-state index contributed by atoms with van der Waals surface area (Å²) in [5.74, 6) is -0.669. The van der Waals surface area contributed by atoms with Gasteiger partial charge < -0.3 is 19.7 Å². The number of likely N-dealkylation sites (tertiary alicyclic amines) is 1. The van der Waals surface area contributed by atoms with Crippen molar-refractivity contribution in [3.63, 3.8) is 0 Å². The summed E-state index contributed by atoms with van der Waals surface area (Å²) in [4.78, 5) is 18.3. The third-order valence-electron chi connectivity index (χ3n) is 4.71. The Balaban J connectivity index is 1.33. The molecule has 0 unspecified atom stereocenters. The first-order valence-electron chi connectivity index (χ1n) is 9.14. The van der Waals surface area contributed by atoms with Crippen molar-refractivity contribution >= 4 is 33.3 Å². The second kappa shape index (κ2) is 8.20. The van der Waals surface area contributed by atoms with Crippen molar-refractivity contribution in [3.8, 4) is 10.9 Å². The molecule has 2 amide bonds. The number of halogens is 2. The number of carbonyl (C=O) groups is 1. The Morgan fingerprint density at radius 1 is 1.24 bits per heavy atom. The van der Waals surface area contributed by atoms with E-state index in [1.807, 2.05) is 0 Å². The first kappa shape index (κ1) is 19.4. The molecule has 0 aliphatic carbocycles. The SMILES string of the molecule is COc1cccc(NC(=O)N2CCC(Oc3nc4c(F)cc(F)cc4s3)CC2)c1. The van der Waals surface area contributed by atoms with Crippen LogP contribution < -0.4 is 14.8 Å². The lowest BCUT2D eigenvalue weighted by Crippen LogP contribution is -2.43. The van der Waals surface area contributed by atoms with Crippen LogP contribution in [0.4, 0.5) is 19.3 Å². The van der Waals surface area contributed by atoms with Crippen molar-refractivity contribution in [3.05, 3.63) is 48.0 Å². The van der Waals surface area contributed by atoms with Crippen LogP contribution in [0.1, 0.15) is 12.8 Å². The molecule has 1 aromatic heterocycles. The van der Waals surface area contributed by atoms with Gasteiger partial charge in [-0.15, -0.1) is 0 Å². The number of fused-ring (bicyclic) bond motifs is 1. The van der Waals surface area contributed by atoms with Crippen LogP contribution >= 0.6 is 11.3 Å². The number of urea groups is 1. The van der Waals surface area contributed by atoms with Gasteiger partial charge in [-0.2, -0.15) is 4.98 Å². The second-order valence-corrected chi connectivity index (χ2v) is 7.67. The van der Waals surface area contributed by atoms with Gasteiger partial charge in [-0.1, -0.05) is 17.4 Å². The van der Waals surface area contributed by atoms with Gasteiger partial charge >= 0.3 is 6.03 Å². The third kappa shape index (κ3) is 4.40. The van der Waals surface area contributed by atoms with Crippen molar-refractivity contribution in [1.29, 1.82) is 0 Å². The minimum Gasteiger partial charge on any atom is -0.497 e. The standard InChI is InChI=1S/C20H19F2N3O3S/c1-27-15-4-2-3-13(11-15)23-19(26)25-7-5-14(6-8-25)28-20-24-18-16(22)9-12(21)10-17(18)29-20/h2-4,9-11,14H,5-8H2,1H3,(H,23,26). The number of hydrogen-bond acceptors (Lipinski definition) is 5. The average Bonchev–Trinajstić information content (AvgIpc) is 3.11. The Kier molecular flexibility index (Phi) is 5.48. The first-order valence-corrected chi connectivity index (χ1v) is 9.95. The van der Waals surface area contributed by atoms with Crippen LogP contribution in [0, 0.1) is 11.6 Å². The molecule has 0 saturated carbocycles. The minimum atomic E-state index is -0.699. The van der Waals surface area contributed by atoms with Gasteiger partial charge in [-0.3, -0.25) is 0 Å². The highest BCUT2D eigenvalue weighted by atomic mass is 32.1. The quantitative estimate of drug-likeness (QED) is 0.668. The van der Waals surface area contributed by atoms with E-state index in [0.29, 0.717) is 47.3 Å². The van der Waals surface area contributed by atoms with Crippen molar-refractivity contribution in [2.24, 2.45) is 0 Å². The van der Waals surface area contributed by atoms with E-state index in [1.54, 1.807) is 36.3 Å². The fourth-order valence-corrected chi connectivity index (χ4v) is 4.13. The van der Waals surface area contributed by atoms with E-state index in [1.165, 1.54) is 6.07 Å². The summed E-state index contributed by atoms with van der Waals surface area (Å²) in [5, 5.41) is 3.17. The van der Waals surface area contributed by atoms with E-state index >= 15 is 0 Å². The lowest BCUT2D eigenvalue weighted by atomic mass is 10.1. The molecule has 3 aromatic rings. The smallest absolute Gasteiger partial charge is 0.321 e. The van der Waals surface area contributed by atoms with Gasteiger partial charge in [-0.25, -0.2) is 13.6 Å². The van der Waals surface area contributed by atoms with E-state index in [9.17, 15) is 13.6 Å². The molecule has 2 aromatic carbocycles. The Labute approximate surface area is 170 Å². The van der Waals surface area contributed by atoms with Crippen LogP contribution in [-0.4, -0.2) is 42.2 Å². The topological polar surface area (TPSA) is 63.7 Å². The summed E-state index contributed by atoms with van der Waals surface area (Å²) >= 11 is 1.11. The number of carbonyl (C=O) groups excluding carboxylic acids is 1. The van der Waals surface area contributed by atoms with Gasteiger partial charge in [0.2, 0.25) is 0 Å². The maximum Gasteiger partial charge on any atom is 0.321 e. The van der Waals surface area contributed by atoms with E-state index in [2.05, 4.69) is 10.3 Å². The van der Waals surface area contributed by atoms with E-state index in [0.717, 1.165) is 17.4 Å². The van der Waals surface area contributed by atoms with Crippen molar-refractivity contribution in [2.45, 2.75) is 18.9 Å². The normalized spacial score (nSPS) is 14.8. The van der Waals surface area contributed by atoms with Crippen LogP contribution in [0.25, 0.3) is 10.2 Å². The Morgan fingerprint density at radius 2 is 2.03 bits per heavy atom. The number of rotatable bonds is 4. The van der Waals surface area contributed by atoms with Crippen LogP contribution in [0.15, 0.2) is 36.4 Å². The molecule has 0 atom stereocenters. The van der Waals surface area contributed by atoms with Crippen LogP contribution in [0.2, 0.25) is 0 Å².